The average molecular weight is 185 g/mol. The fraction of sp³-hybridized carbons (Fsp3) is 0.222. The van der Waals surface area contributed by atoms with Crippen LogP contribution in [-0.2, 0) is 11.2 Å². The molecule has 0 fully saturated rings. The van der Waals surface area contributed by atoms with E-state index in [9.17, 15) is 4.79 Å². The van der Waals surface area contributed by atoms with Gasteiger partial charge in [-0.25, -0.2) is 0 Å². The molecule has 4 radical (unpaired) electrons. The zero-order valence-electron chi connectivity index (χ0n) is 7.63. The molecule has 0 aromatic heterocycles. The monoisotopic (exact) mass is 185 g/mol. The summed E-state index contributed by atoms with van der Waals surface area (Å²) in [5.74, 6) is -1.03. The van der Waals surface area contributed by atoms with Crippen LogP contribution in [-0.4, -0.2) is 37.8 Å². The molecule has 3 nitrogen and oxygen atoms in total. The molecule has 1 rings (SSSR count). The van der Waals surface area contributed by atoms with E-state index in [4.69, 9.17) is 21.1 Å². The SMILES string of the molecule is [B]N([B])[C@@H](Cc1ccccc1)C(=O)O. The van der Waals surface area contributed by atoms with Crippen LogP contribution in [0.3, 0.4) is 0 Å². The van der Waals surface area contributed by atoms with Crippen LogP contribution in [0.1, 0.15) is 5.56 Å². The second kappa shape index (κ2) is 4.86. The van der Waals surface area contributed by atoms with Crippen molar-refractivity contribution < 1.29 is 9.90 Å². The zero-order chi connectivity index (χ0) is 10.6. The number of carboxylic acid groups (broad SMARTS) is 1. The number of rotatable bonds is 4. The summed E-state index contributed by atoms with van der Waals surface area (Å²) in [6.45, 7) is 0. The first-order valence-electron chi connectivity index (χ1n) is 4.16. The van der Waals surface area contributed by atoms with Gasteiger partial charge in [-0.2, -0.15) is 0 Å². The quantitative estimate of drug-likeness (QED) is 0.678. The van der Waals surface area contributed by atoms with Crippen molar-refractivity contribution in [3.8, 4) is 0 Å². The molecule has 0 spiro atoms. The van der Waals surface area contributed by atoms with Crippen molar-refractivity contribution in [3.63, 3.8) is 0 Å². The molecule has 0 saturated carbocycles. The third-order valence-electron chi connectivity index (χ3n) is 1.92. The van der Waals surface area contributed by atoms with Gasteiger partial charge in [-0.05, 0) is 12.0 Å². The van der Waals surface area contributed by atoms with E-state index in [1.54, 1.807) is 0 Å². The first-order valence-corrected chi connectivity index (χ1v) is 4.16. The van der Waals surface area contributed by atoms with Gasteiger partial charge >= 0.3 is 5.97 Å². The Hall–Kier alpha value is -1.22. The smallest absolute Gasteiger partial charge is 0.319 e. The standard InChI is InChI=1S/C9H9B2NO2/c10-12(11)8(9(13)14)6-7-4-2-1-3-5-7/h1-5,8H,6H2,(H,13,14)/t8-/m0/s1. The van der Waals surface area contributed by atoms with Gasteiger partial charge in [0, 0.05) is 0 Å². The maximum atomic E-state index is 10.7. The van der Waals surface area contributed by atoms with Crippen LogP contribution in [0.25, 0.3) is 0 Å². The normalized spacial score (nSPS) is 12.6. The highest BCUT2D eigenvalue weighted by Crippen LogP contribution is 2.06. The molecule has 0 unspecified atom stereocenters. The molecule has 1 N–H and O–H groups in total. The summed E-state index contributed by atoms with van der Waals surface area (Å²) in [5.41, 5.74) is 0.890. The molecular formula is C9H9B2NO2. The highest BCUT2D eigenvalue weighted by molar-refractivity contribution is 6.26. The highest BCUT2D eigenvalue weighted by Gasteiger charge is 2.18. The molecule has 14 heavy (non-hydrogen) atoms. The Morgan fingerprint density at radius 1 is 1.36 bits per heavy atom. The van der Waals surface area contributed by atoms with E-state index >= 15 is 0 Å². The van der Waals surface area contributed by atoms with Gasteiger partial charge < -0.3 is 9.83 Å². The summed E-state index contributed by atoms with van der Waals surface area (Å²) in [4.78, 5) is 10.7. The summed E-state index contributed by atoms with van der Waals surface area (Å²) in [7, 11) is 10.4. The van der Waals surface area contributed by atoms with Crippen LogP contribution in [0.5, 0.6) is 0 Å². The summed E-state index contributed by atoms with van der Waals surface area (Å²) >= 11 is 0. The number of hydrogen-bond donors (Lipinski definition) is 1. The lowest BCUT2D eigenvalue weighted by molar-refractivity contribution is -0.140. The summed E-state index contributed by atoms with van der Waals surface area (Å²) in [5, 5.41) is 8.80. The van der Waals surface area contributed by atoms with Crippen molar-refractivity contribution >= 4 is 21.9 Å². The van der Waals surface area contributed by atoms with Gasteiger partial charge in [-0.1, -0.05) is 30.3 Å². The van der Waals surface area contributed by atoms with Gasteiger partial charge in [-0.15, -0.1) is 0 Å². The third kappa shape index (κ3) is 2.92. The van der Waals surface area contributed by atoms with Crippen LogP contribution in [0.4, 0.5) is 0 Å². The highest BCUT2D eigenvalue weighted by atomic mass is 16.4. The minimum Gasteiger partial charge on any atom is -0.480 e. The minimum absolute atomic E-state index is 0.295. The van der Waals surface area contributed by atoms with Crippen molar-refractivity contribution in [1.82, 2.24) is 4.72 Å². The van der Waals surface area contributed by atoms with Crippen LogP contribution in [0, 0.1) is 0 Å². The number of hydrogen-bond acceptors (Lipinski definition) is 2. The number of nitrogens with zero attached hydrogens (tertiary/aromatic N) is 1. The molecule has 0 aliphatic heterocycles. The van der Waals surface area contributed by atoms with Crippen molar-refractivity contribution in [2.75, 3.05) is 0 Å². The second-order valence-corrected chi connectivity index (χ2v) is 2.99. The van der Waals surface area contributed by atoms with E-state index in [0.717, 1.165) is 10.3 Å². The third-order valence-corrected chi connectivity index (χ3v) is 1.92. The van der Waals surface area contributed by atoms with E-state index in [0.29, 0.717) is 6.42 Å². The fourth-order valence-corrected chi connectivity index (χ4v) is 1.16. The first-order chi connectivity index (χ1) is 6.61. The van der Waals surface area contributed by atoms with Gasteiger partial charge in [-0.3, -0.25) is 4.79 Å². The molecular weight excluding hydrogens is 176 g/mol. The van der Waals surface area contributed by atoms with Gasteiger partial charge in [0.25, 0.3) is 0 Å². The molecule has 1 aromatic rings. The topological polar surface area (TPSA) is 40.5 Å². The first kappa shape index (κ1) is 10.9. The molecule has 68 valence electrons. The Bertz CT molecular complexity index is 303. The molecule has 5 heteroatoms. The Kier molecular flexibility index (Phi) is 3.77. The van der Waals surface area contributed by atoms with Crippen molar-refractivity contribution in [2.45, 2.75) is 12.5 Å². The van der Waals surface area contributed by atoms with E-state index < -0.39 is 12.0 Å². The molecule has 0 aliphatic rings. The van der Waals surface area contributed by atoms with Crippen LogP contribution in [0.15, 0.2) is 30.3 Å². The lowest BCUT2D eigenvalue weighted by atomic mass is 9.98. The van der Waals surface area contributed by atoms with Gasteiger partial charge in [0.15, 0.2) is 16.0 Å². The van der Waals surface area contributed by atoms with Gasteiger partial charge in [0.1, 0.15) is 0 Å². The van der Waals surface area contributed by atoms with E-state index in [1.807, 2.05) is 30.3 Å². The summed E-state index contributed by atoms with van der Waals surface area (Å²) in [6, 6.07) is 8.32. The molecule has 0 amide bonds. The summed E-state index contributed by atoms with van der Waals surface area (Å²) < 4.78 is 0.718. The minimum atomic E-state index is -1.03. The van der Waals surface area contributed by atoms with Crippen molar-refractivity contribution in [1.29, 1.82) is 0 Å². The van der Waals surface area contributed by atoms with Crippen molar-refractivity contribution in [3.05, 3.63) is 35.9 Å². The summed E-state index contributed by atoms with van der Waals surface area (Å²) in [6.07, 6.45) is 0.295. The number of carboxylic acids is 1. The maximum absolute atomic E-state index is 10.7. The van der Waals surface area contributed by atoms with Crippen LogP contribution >= 0.6 is 0 Å². The molecule has 0 saturated heterocycles. The van der Waals surface area contributed by atoms with Gasteiger partial charge in [0.2, 0.25) is 0 Å². The van der Waals surface area contributed by atoms with E-state index in [-0.39, 0.29) is 0 Å². The van der Waals surface area contributed by atoms with Crippen molar-refractivity contribution in [2.24, 2.45) is 0 Å². The predicted octanol–water partition coefficient (Wildman–Crippen LogP) is 0.151. The van der Waals surface area contributed by atoms with Crippen LogP contribution in [0.2, 0.25) is 0 Å². The molecule has 0 bridgehead atoms. The molecule has 1 atom stereocenters. The maximum Gasteiger partial charge on any atom is 0.319 e. The second-order valence-electron chi connectivity index (χ2n) is 2.99. The Morgan fingerprint density at radius 3 is 2.36 bits per heavy atom. The zero-order valence-corrected chi connectivity index (χ0v) is 7.63. The number of aliphatic carboxylic acids is 1. The Morgan fingerprint density at radius 2 is 1.93 bits per heavy atom. The number of carbonyl (C=O) groups is 1. The fourth-order valence-electron chi connectivity index (χ4n) is 1.16. The van der Waals surface area contributed by atoms with E-state index in [1.165, 1.54) is 0 Å². The largest absolute Gasteiger partial charge is 0.480 e. The molecule has 0 aliphatic carbocycles. The number of benzene rings is 1. The Labute approximate surface area is 85.6 Å². The molecule has 1 aromatic carbocycles. The average Bonchev–Trinajstić information content (AvgIpc) is 2.15. The lowest BCUT2D eigenvalue weighted by Crippen LogP contribution is -2.39. The lowest BCUT2D eigenvalue weighted by Gasteiger charge is -2.21. The van der Waals surface area contributed by atoms with E-state index in [2.05, 4.69) is 0 Å². The molecule has 0 heterocycles. The predicted molar refractivity (Wildman–Crippen MR) is 54.9 cm³/mol. The Balaban J connectivity index is 2.70. The van der Waals surface area contributed by atoms with Gasteiger partial charge in [0.05, 0.1) is 6.04 Å². The van der Waals surface area contributed by atoms with Crippen LogP contribution < -0.4 is 0 Å².